The molecule has 2 amide bonds. The van der Waals surface area contributed by atoms with E-state index < -0.39 is 27.5 Å². The topological polar surface area (TPSA) is 137 Å². The first-order valence-corrected chi connectivity index (χ1v) is 13.5. The van der Waals surface area contributed by atoms with Crippen LogP contribution in [0.1, 0.15) is 37.5 Å². The molecule has 1 aliphatic rings. The van der Waals surface area contributed by atoms with Gasteiger partial charge in [0, 0.05) is 43.2 Å². The van der Waals surface area contributed by atoms with Crippen LogP contribution in [0.5, 0.6) is 0 Å². The van der Waals surface area contributed by atoms with E-state index in [1.807, 2.05) is 36.5 Å². The molecule has 3 aromatic rings. The van der Waals surface area contributed by atoms with Crippen molar-refractivity contribution in [1.29, 1.82) is 0 Å². The van der Waals surface area contributed by atoms with Crippen LogP contribution in [0.2, 0.25) is 0 Å². The molecule has 1 aliphatic heterocycles. The molecule has 1 atom stereocenters. The normalized spacial score (nSPS) is 14.5. The molecule has 0 unspecified atom stereocenters. The van der Waals surface area contributed by atoms with Crippen molar-refractivity contribution in [3.8, 4) is 0 Å². The van der Waals surface area contributed by atoms with Crippen LogP contribution in [0, 0.1) is 0 Å². The summed E-state index contributed by atoms with van der Waals surface area (Å²) in [4.78, 5) is 31.6. The zero-order valence-corrected chi connectivity index (χ0v) is 22.8. The quantitative estimate of drug-likeness (QED) is 0.343. The van der Waals surface area contributed by atoms with Gasteiger partial charge in [-0.1, -0.05) is 31.2 Å². The van der Waals surface area contributed by atoms with Crippen LogP contribution >= 0.6 is 12.4 Å². The average Bonchev–Trinajstić information content (AvgIpc) is 3.24. The first kappa shape index (κ1) is 28.6. The van der Waals surface area contributed by atoms with Gasteiger partial charge in [-0.05, 0) is 55.2 Å². The molecule has 0 saturated heterocycles. The molecule has 37 heavy (non-hydrogen) atoms. The minimum absolute atomic E-state index is 0. The third-order valence-corrected chi connectivity index (χ3v) is 7.98. The Balaban J connectivity index is 0.00000380. The van der Waals surface area contributed by atoms with E-state index in [2.05, 4.69) is 15.0 Å². The van der Waals surface area contributed by atoms with Crippen molar-refractivity contribution < 1.29 is 18.0 Å². The van der Waals surface area contributed by atoms with Gasteiger partial charge >= 0.3 is 0 Å². The van der Waals surface area contributed by atoms with Crippen molar-refractivity contribution in [1.82, 2.24) is 19.9 Å². The zero-order chi connectivity index (χ0) is 26.1. The Morgan fingerprint density at radius 2 is 1.89 bits per heavy atom. The molecule has 0 aliphatic carbocycles. The van der Waals surface area contributed by atoms with Crippen molar-refractivity contribution in [3.63, 3.8) is 0 Å². The fourth-order valence-corrected chi connectivity index (χ4v) is 5.54. The van der Waals surface area contributed by atoms with E-state index in [-0.39, 0.29) is 36.3 Å². The highest BCUT2D eigenvalue weighted by Crippen LogP contribution is 2.25. The number of halogens is 1. The molecule has 2 aromatic carbocycles. The molecule has 0 radical (unpaired) electrons. The highest BCUT2D eigenvalue weighted by Gasteiger charge is 2.33. The summed E-state index contributed by atoms with van der Waals surface area (Å²) in [7, 11) is -3.61. The number of nitrogens with two attached hydrogens (primary N) is 1. The summed E-state index contributed by atoms with van der Waals surface area (Å²) in [5.41, 5.74) is 8.51. The molecule has 0 spiro atoms. The Bertz CT molecular complexity index is 1400. The summed E-state index contributed by atoms with van der Waals surface area (Å²) >= 11 is 0. The lowest BCUT2D eigenvalue weighted by molar-refractivity contribution is -0.138. The Morgan fingerprint density at radius 1 is 1.16 bits per heavy atom. The third kappa shape index (κ3) is 6.32. The van der Waals surface area contributed by atoms with Crippen LogP contribution in [0.3, 0.4) is 0 Å². The van der Waals surface area contributed by atoms with Gasteiger partial charge in [-0.15, -0.1) is 12.4 Å². The minimum Gasteiger partial charge on any atom is -0.361 e. The van der Waals surface area contributed by atoms with E-state index in [9.17, 15) is 18.0 Å². The van der Waals surface area contributed by atoms with Crippen LogP contribution in [0.25, 0.3) is 10.9 Å². The van der Waals surface area contributed by atoms with Crippen molar-refractivity contribution in [2.24, 2.45) is 5.73 Å². The second kappa shape index (κ2) is 11.2. The molecule has 11 heteroatoms. The Hall–Kier alpha value is -2.92. The van der Waals surface area contributed by atoms with Gasteiger partial charge in [0.05, 0.1) is 10.4 Å². The molecule has 2 heterocycles. The van der Waals surface area contributed by atoms with Gasteiger partial charge in [0.1, 0.15) is 6.04 Å². The molecule has 1 aromatic heterocycles. The molecule has 9 nitrogen and oxygen atoms in total. The van der Waals surface area contributed by atoms with Gasteiger partial charge in [0.2, 0.25) is 21.8 Å². The summed E-state index contributed by atoms with van der Waals surface area (Å²) in [5, 5.41) is 3.84. The molecule has 0 fully saturated rings. The largest absolute Gasteiger partial charge is 0.361 e. The van der Waals surface area contributed by atoms with Gasteiger partial charge in [-0.3, -0.25) is 9.59 Å². The van der Waals surface area contributed by atoms with E-state index in [1.165, 1.54) is 0 Å². The molecular weight excluding hydrogens is 514 g/mol. The summed E-state index contributed by atoms with van der Waals surface area (Å²) < 4.78 is 27.5. The third-order valence-electron chi connectivity index (χ3n) is 6.43. The van der Waals surface area contributed by atoms with E-state index in [1.54, 1.807) is 37.8 Å². The Labute approximate surface area is 223 Å². The summed E-state index contributed by atoms with van der Waals surface area (Å²) in [6, 6.07) is 12.0. The van der Waals surface area contributed by atoms with Crippen LogP contribution in [0.4, 0.5) is 0 Å². The Kier molecular flexibility index (Phi) is 8.69. The number of nitrogens with one attached hydrogen (secondary N) is 3. The number of carbonyl (C=O) groups excluding carboxylic acids is 2. The number of aromatic nitrogens is 1. The van der Waals surface area contributed by atoms with Crippen molar-refractivity contribution in [3.05, 3.63) is 65.4 Å². The number of amides is 2. The van der Waals surface area contributed by atoms with Crippen molar-refractivity contribution >= 4 is 45.1 Å². The van der Waals surface area contributed by atoms with Gasteiger partial charge in [-0.2, -0.15) is 0 Å². The molecule has 200 valence electrons. The van der Waals surface area contributed by atoms with Crippen molar-refractivity contribution in [2.45, 2.75) is 56.6 Å². The standard InChI is InChI=1S/C26H33N5O4S.ClH/c1-4-29-36(34,35)20-10-9-17-11-12-31(16-19(17)13-20)24(32)23(30-25(33)26(2,3)27)14-18-15-28-22-8-6-5-7-21(18)22;/h5-10,13,15,23,28-29H,4,11-12,14,16,27H2,1-3H3,(H,30,33);1H/t23-;/m1./s1. The molecule has 4 rings (SSSR count). The van der Waals surface area contributed by atoms with Crippen LogP contribution < -0.4 is 15.8 Å². The lowest BCUT2D eigenvalue weighted by Gasteiger charge is -2.33. The second-order valence-electron chi connectivity index (χ2n) is 9.75. The van der Waals surface area contributed by atoms with Crippen molar-refractivity contribution in [2.75, 3.05) is 13.1 Å². The lowest BCUT2D eigenvalue weighted by atomic mass is 9.97. The van der Waals surface area contributed by atoms with Crippen LogP contribution in [0.15, 0.2) is 53.6 Å². The van der Waals surface area contributed by atoms with Crippen LogP contribution in [-0.4, -0.2) is 54.8 Å². The number of fused-ring (bicyclic) bond motifs is 2. The molecule has 0 bridgehead atoms. The fraction of sp³-hybridized carbons (Fsp3) is 0.385. The van der Waals surface area contributed by atoms with E-state index in [4.69, 9.17) is 5.73 Å². The van der Waals surface area contributed by atoms with E-state index in [0.29, 0.717) is 19.4 Å². The predicted molar refractivity (Wildman–Crippen MR) is 146 cm³/mol. The van der Waals surface area contributed by atoms with Gasteiger partial charge in [-0.25, -0.2) is 13.1 Å². The van der Waals surface area contributed by atoms with E-state index >= 15 is 0 Å². The average molecular weight is 548 g/mol. The molecule has 5 N–H and O–H groups in total. The monoisotopic (exact) mass is 547 g/mol. The number of benzene rings is 2. The van der Waals surface area contributed by atoms with Gasteiger partial charge < -0.3 is 20.9 Å². The number of carbonyl (C=O) groups is 2. The maximum Gasteiger partial charge on any atom is 0.245 e. The second-order valence-corrected chi connectivity index (χ2v) is 11.5. The summed E-state index contributed by atoms with van der Waals surface area (Å²) in [6.07, 6.45) is 2.75. The first-order chi connectivity index (χ1) is 17.0. The molecule has 0 saturated carbocycles. The number of hydrogen-bond donors (Lipinski definition) is 4. The number of aromatic amines is 1. The highest BCUT2D eigenvalue weighted by atomic mass is 35.5. The SMILES string of the molecule is CCNS(=O)(=O)c1ccc2c(c1)CN(C(=O)[C@@H](Cc1c[nH]c3ccccc13)NC(=O)C(C)(C)N)CC2.Cl. The number of sulfonamides is 1. The number of nitrogens with zero attached hydrogens (tertiary/aromatic N) is 1. The lowest BCUT2D eigenvalue weighted by Crippen LogP contribution is -2.57. The maximum atomic E-state index is 13.7. The van der Waals surface area contributed by atoms with Gasteiger partial charge in [0.15, 0.2) is 0 Å². The van der Waals surface area contributed by atoms with E-state index in [0.717, 1.165) is 27.6 Å². The summed E-state index contributed by atoms with van der Waals surface area (Å²) in [6.45, 7) is 5.93. The summed E-state index contributed by atoms with van der Waals surface area (Å²) in [5.74, 6) is -0.652. The minimum atomic E-state index is -3.61. The number of H-pyrrole nitrogens is 1. The fourth-order valence-electron chi connectivity index (χ4n) is 4.45. The zero-order valence-electron chi connectivity index (χ0n) is 21.2. The highest BCUT2D eigenvalue weighted by molar-refractivity contribution is 7.89. The number of rotatable bonds is 8. The number of para-hydroxylation sites is 1. The molecular formula is C26H34ClN5O4S. The maximum absolute atomic E-state index is 13.7. The first-order valence-electron chi connectivity index (χ1n) is 12.0. The Morgan fingerprint density at radius 3 is 2.59 bits per heavy atom. The smallest absolute Gasteiger partial charge is 0.245 e. The van der Waals surface area contributed by atoms with Crippen LogP contribution in [-0.2, 0) is 39.0 Å². The number of hydrogen-bond acceptors (Lipinski definition) is 5. The van der Waals surface area contributed by atoms with Gasteiger partial charge in [0.25, 0.3) is 0 Å². The predicted octanol–water partition coefficient (Wildman–Crippen LogP) is 2.24.